The predicted molar refractivity (Wildman–Crippen MR) is 104 cm³/mol. The van der Waals surface area contributed by atoms with Gasteiger partial charge >= 0.3 is 0 Å². The lowest BCUT2D eigenvalue weighted by Gasteiger charge is -2.60. The van der Waals surface area contributed by atoms with Gasteiger partial charge in [-0.05, 0) is 103 Å². The van der Waals surface area contributed by atoms with Crippen molar-refractivity contribution in [2.75, 3.05) is 0 Å². The van der Waals surface area contributed by atoms with Crippen LogP contribution in [0, 0.1) is 40.4 Å². The standard InChI is InChI=1S/C22H34N4O2/c1-21-9-7-15(27)11-14(21)3-4-16-17-5-6-19(22(17,2)10-8-18(16)21)20(28)12-26-13-23-24-25-26/h13-19,27H,3-12H2,1-2H3/t14-,15-,16+,17+,18+,19-,21+,22+/m1/s1. The maximum absolute atomic E-state index is 13.1. The third-order valence-corrected chi connectivity index (χ3v) is 9.74. The first-order chi connectivity index (χ1) is 13.4. The van der Waals surface area contributed by atoms with Crippen LogP contribution in [0.1, 0.15) is 71.6 Å². The smallest absolute Gasteiger partial charge is 0.158 e. The van der Waals surface area contributed by atoms with Crippen LogP contribution in [0.25, 0.3) is 0 Å². The lowest BCUT2D eigenvalue weighted by molar-refractivity contribution is -0.140. The van der Waals surface area contributed by atoms with E-state index < -0.39 is 0 Å². The van der Waals surface area contributed by atoms with E-state index in [1.54, 1.807) is 11.0 Å². The predicted octanol–water partition coefficient (Wildman–Crippen LogP) is 3.26. The van der Waals surface area contributed by atoms with Gasteiger partial charge in [-0.15, -0.1) is 5.10 Å². The minimum Gasteiger partial charge on any atom is -0.393 e. The van der Waals surface area contributed by atoms with Crippen molar-refractivity contribution in [2.45, 2.75) is 84.3 Å². The number of hydrogen-bond donors (Lipinski definition) is 1. The number of aromatic nitrogens is 4. The van der Waals surface area contributed by atoms with Crippen LogP contribution in [0.15, 0.2) is 6.33 Å². The third kappa shape index (κ3) is 2.70. The van der Waals surface area contributed by atoms with Crippen molar-refractivity contribution in [3.63, 3.8) is 0 Å². The molecule has 0 unspecified atom stereocenters. The second-order valence-corrected chi connectivity index (χ2v) is 10.7. The van der Waals surface area contributed by atoms with Crippen LogP contribution in [0.3, 0.4) is 0 Å². The molecule has 6 nitrogen and oxygen atoms in total. The van der Waals surface area contributed by atoms with Gasteiger partial charge in [0.25, 0.3) is 0 Å². The first kappa shape index (κ1) is 18.7. The molecule has 0 amide bonds. The summed E-state index contributed by atoms with van der Waals surface area (Å²) in [5.74, 6) is 3.39. The second kappa shape index (κ2) is 6.61. The van der Waals surface area contributed by atoms with Crippen molar-refractivity contribution in [1.82, 2.24) is 20.2 Å². The number of aliphatic hydroxyl groups is 1. The highest BCUT2D eigenvalue weighted by atomic mass is 16.3. The van der Waals surface area contributed by atoms with E-state index in [0.717, 1.165) is 31.1 Å². The maximum atomic E-state index is 13.1. The third-order valence-electron chi connectivity index (χ3n) is 9.74. The van der Waals surface area contributed by atoms with Crippen molar-refractivity contribution in [2.24, 2.45) is 40.4 Å². The van der Waals surface area contributed by atoms with Gasteiger partial charge in [-0.25, -0.2) is 4.68 Å². The normalized spacial score (nSPS) is 47.8. The van der Waals surface area contributed by atoms with E-state index in [9.17, 15) is 9.90 Å². The van der Waals surface area contributed by atoms with Crippen molar-refractivity contribution in [3.05, 3.63) is 6.33 Å². The van der Waals surface area contributed by atoms with Crippen molar-refractivity contribution in [1.29, 1.82) is 0 Å². The molecular formula is C22H34N4O2. The highest BCUT2D eigenvalue weighted by Crippen LogP contribution is 2.67. The first-order valence-electron chi connectivity index (χ1n) is 11.3. The molecular weight excluding hydrogens is 352 g/mol. The molecule has 1 heterocycles. The number of tetrazole rings is 1. The minimum atomic E-state index is -0.0803. The van der Waals surface area contributed by atoms with Crippen molar-refractivity contribution in [3.8, 4) is 0 Å². The average molecular weight is 387 g/mol. The maximum Gasteiger partial charge on any atom is 0.158 e. The Morgan fingerprint density at radius 2 is 1.86 bits per heavy atom. The van der Waals surface area contributed by atoms with Gasteiger partial charge in [0.15, 0.2) is 5.78 Å². The van der Waals surface area contributed by atoms with Crippen LogP contribution in [0.4, 0.5) is 0 Å². The van der Waals surface area contributed by atoms with Crippen LogP contribution in [0.2, 0.25) is 0 Å². The molecule has 0 saturated heterocycles. The second-order valence-electron chi connectivity index (χ2n) is 10.7. The van der Waals surface area contributed by atoms with Gasteiger partial charge in [0.1, 0.15) is 12.9 Å². The summed E-state index contributed by atoms with van der Waals surface area (Å²) in [5.41, 5.74) is 0.543. The minimum absolute atomic E-state index is 0.0803. The van der Waals surface area contributed by atoms with Gasteiger partial charge in [0, 0.05) is 5.92 Å². The summed E-state index contributed by atoms with van der Waals surface area (Å²) in [5, 5.41) is 21.4. The molecule has 28 heavy (non-hydrogen) atoms. The fraction of sp³-hybridized carbons (Fsp3) is 0.909. The Bertz CT molecular complexity index is 737. The monoisotopic (exact) mass is 386 g/mol. The molecule has 4 aliphatic rings. The Labute approximate surface area is 167 Å². The van der Waals surface area contributed by atoms with E-state index >= 15 is 0 Å². The number of fused-ring (bicyclic) bond motifs is 5. The number of ketones is 1. The van der Waals surface area contributed by atoms with Gasteiger partial charge in [-0.1, -0.05) is 13.8 Å². The molecule has 1 N–H and O–H groups in total. The fourth-order valence-electron chi connectivity index (χ4n) is 8.29. The molecule has 0 aliphatic heterocycles. The quantitative estimate of drug-likeness (QED) is 0.862. The Balaban J connectivity index is 1.36. The lowest BCUT2D eigenvalue weighted by Crippen LogP contribution is -2.54. The molecule has 4 fully saturated rings. The SMILES string of the molecule is C[C@]12CC[C@@H](O)C[C@H]1CC[C@@H]1[C@@H]2CC[C@]2(C)[C@@H](C(=O)Cn3cnnn3)CC[C@@H]12. The molecule has 0 radical (unpaired) electrons. The van der Waals surface area contributed by atoms with Crippen LogP contribution in [-0.4, -0.2) is 37.2 Å². The van der Waals surface area contributed by atoms with Gasteiger partial charge in [-0.3, -0.25) is 4.79 Å². The van der Waals surface area contributed by atoms with E-state index in [1.165, 1.54) is 38.5 Å². The molecule has 0 aromatic carbocycles. The van der Waals surface area contributed by atoms with Crippen LogP contribution < -0.4 is 0 Å². The summed E-state index contributed by atoms with van der Waals surface area (Å²) in [4.78, 5) is 13.1. The fourth-order valence-corrected chi connectivity index (χ4v) is 8.29. The number of nitrogens with zero attached hydrogens (tertiary/aromatic N) is 4. The Hall–Kier alpha value is -1.30. The zero-order chi connectivity index (χ0) is 19.5. The summed E-state index contributed by atoms with van der Waals surface area (Å²) in [6.45, 7) is 5.24. The molecule has 1 aromatic rings. The lowest BCUT2D eigenvalue weighted by atomic mass is 9.44. The number of aliphatic hydroxyl groups excluding tert-OH is 1. The Kier molecular flexibility index (Phi) is 4.42. The Morgan fingerprint density at radius 3 is 2.64 bits per heavy atom. The molecule has 154 valence electrons. The van der Waals surface area contributed by atoms with Crippen LogP contribution >= 0.6 is 0 Å². The summed E-state index contributed by atoms with van der Waals surface area (Å²) in [6.07, 6.45) is 11.9. The number of carbonyl (C=O) groups is 1. The highest BCUT2D eigenvalue weighted by Gasteiger charge is 2.61. The number of rotatable bonds is 3. The van der Waals surface area contributed by atoms with Gasteiger partial charge in [-0.2, -0.15) is 0 Å². The molecule has 4 saturated carbocycles. The molecule has 0 spiro atoms. The van der Waals surface area contributed by atoms with E-state index in [0.29, 0.717) is 29.6 Å². The van der Waals surface area contributed by atoms with E-state index in [1.807, 2.05) is 0 Å². The molecule has 4 aliphatic carbocycles. The topological polar surface area (TPSA) is 80.9 Å². The molecule has 6 heteroatoms. The molecule has 8 atom stereocenters. The summed E-state index contributed by atoms with van der Waals surface area (Å²) in [6, 6.07) is 0. The zero-order valence-corrected chi connectivity index (χ0v) is 17.3. The van der Waals surface area contributed by atoms with Crippen LogP contribution in [-0.2, 0) is 11.3 Å². The van der Waals surface area contributed by atoms with Gasteiger partial charge in [0.2, 0.25) is 0 Å². The summed E-state index contributed by atoms with van der Waals surface area (Å²) >= 11 is 0. The summed E-state index contributed by atoms with van der Waals surface area (Å²) < 4.78 is 1.57. The Morgan fingerprint density at radius 1 is 1.07 bits per heavy atom. The molecule has 5 rings (SSSR count). The number of hydrogen-bond acceptors (Lipinski definition) is 5. The van der Waals surface area contributed by atoms with Crippen LogP contribution in [0.5, 0.6) is 0 Å². The van der Waals surface area contributed by atoms with Gasteiger partial charge in [0.05, 0.1) is 6.10 Å². The largest absolute Gasteiger partial charge is 0.393 e. The number of carbonyl (C=O) groups excluding carboxylic acids is 1. The zero-order valence-electron chi connectivity index (χ0n) is 17.3. The first-order valence-corrected chi connectivity index (χ1v) is 11.3. The van der Waals surface area contributed by atoms with Gasteiger partial charge < -0.3 is 5.11 Å². The highest BCUT2D eigenvalue weighted by molar-refractivity contribution is 5.82. The van der Waals surface area contributed by atoms with E-state index in [4.69, 9.17) is 0 Å². The summed E-state index contributed by atoms with van der Waals surface area (Å²) in [7, 11) is 0. The average Bonchev–Trinajstić information content (AvgIpc) is 3.29. The number of Topliss-reactive ketones (excluding diaryl/α,β-unsaturated/α-hetero) is 1. The molecule has 0 bridgehead atoms. The molecule has 1 aromatic heterocycles. The van der Waals surface area contributed by atoms with Crippen molar-refractivity contribution >= 4 is 5.78 Å². The van der Waals surface area contributed by atoms with E-state index in [2.05, 4.69) is 29.4 Å². The van der Waals surface area contributed by atoms with E-state index in [-0.39, 0.29) is 17.4 Å². The van der Waals surface area contributed by atoms with Crippen molar-refractivity contribution < 1.29 is 9.90 Å².